The molecule has 6 rings (SSSR count). The van der Waals surface area contributed by atoms with Crippen molar-refractivity contribution in [3.8, 4) is 0 Å². The predicted octanol–water partition coefficient (Wildman–Crippen LogP) is 4.80. The molecule has 6 fully saturated rings. The van der Waals surface area contributed by atoms with Crippen LogP contribution in [0.1, 0.15) is 117 Å². The fourth-order valence-electron chi connectivity index (χ4n) is 8.81. The second-order valence-corrected chi connectivity index (χ2v) is 14.0. The van der Waals surface area contributed by atoms with Gasteiger partial charge in [0.2, 0.25) is 6.10 Å². The quantitative estimate of drug-likeness (QED) is 0.258. The summed E-state index contributed by atoms with van der Waals surface area (Å²) < 4.78 is 22.8. The number of carbonyl (C=O) groups is 4. The summed E-state index contributed by atoms with van der Waals surface area (Å²) in [5.41, 5.74) is -1.83. The van der Waals surface area contributed by atoms with Gasteiger partial charge in [0.15, 0.2) is 0 Å². The summed E-state index contributed by atoms with van der Waals surface area (Å²) in [4.78, 5) is 52.3. The highest BCUT2D eigenvalue weighted by molar-refractivity contribution is 5.82. The van der Waals surface area contributed by atoms with Crippen molar-refractivity contribution in [3.05, 3.63) is 0 Å². The Labute approximate surface area is 243 Å². The van der Waals surface area contributed by atoms with Crippen LogP contribution < -0.4 is 0 Å². The van der Waals surface area contributed by atoms with E-state index in [0.29, 0.717) is 31.1 Å². The third-order valence-electron chi connectivity index (χ3n) is 10.7. The first kappa shape index (κ1) is 30.3. The zero-order valence-electron chi connectivity index (χ0n) is 25.0. The van der Waals surface area contributed by atoms with Gasteiger partial charge in [-0.3, -0.25) is 14.4 Å². The lowest BCUT2D eigenvalue weighted by atomic mass is 9.52. The van der Waals surface area contributed by atoms with E-state index in [1.165, 1.54) is 0 Å². The fourth-order valence-corrected chi connectivity index (χ4v) is 8.81. The van der Waals surface area contributed by atoms with Crippen LogP contribution in [0.4, 0.5) is 0 Å². The lowest BCUT2D eigenvalue weighted by molar-refractivity contribution is -0.222. The van der Waals surface area contributed by atoms with Gasteiger partial charge in [0.25, 0.3) is 0 Å². The van der Waals surface area contributed by atoms with Crippen molar-refractivity contribution in [3.63, 3.8) is 0 Å². The van der Waals surface area contributed by atoms with Gasteiger partial charge in [-0.1, -0.05) is 20.8 Å². The van der Waals surface area contributed by atoms with Gasteiger partial charge < -0.3 is 24.1 Å². The SMILES string of the molecule is CCC(CC(CC(C)C(=O)OC12CC3CC(CC(O)(C3)C1)C2)C(=O)OC1CCOC1=O)C(=O)OC1(CC)CCCC1. The number of rotatable bonds is 12. The largest absolute Gasteiger partial charge is 0.463 e. The molecule has 9 heteroatoms. The average molecular weight is 577 g/mol. The lowest BCUT2D eigenvalue weighted by Crippen LogP contribution is -2.60. The molecule has 1 heterocycles. The van der Waals surface area contributed by atoms with E-state index in [-0.39, 0.29) is 31.4 Å². The van der Waals surface area contributed by atoms with Crippen molar-refractivity contribution >= 4 is 23.9 Å². The number of esters is 4. The molecular weight excluding hydrogens is 528 g/mol. The molecule has 6 aliphatic rings. The maximum atomic E-state index is 13.5. The van der Waals surface area contributed by atoms with Crippen molar-refractivity contribution in [1.82, 2.24) is 0 Å². The Hall–Kier alpha value is -2.16. The van der Waals surface area contributed by atoms with Gasteiger partial charge in [-0.15, -0.1) is 0 Å². The van der Waals surface area contributed by atoms with Crippen LogP contribution in [-0.4, -0.2) is 58.5 Å². The molecule has 1 N–H and O–H groups in total. The molecule has 5 saturated carbocycles. The highest BCUT2D eigenvalue weighted by atomic mass is 16.6. The Morgan fingerprint density at radius 1 is 0.951 bits per heavy atom. The third-order valence-corrected chi connectivity index (χ3v) is 10.7. The minimum atomic E-state index is -0.964. The fraction of sp³-hybridized carbons (Fsp3) is 0.875. The molecule has 1 aliphatic heterocycles. The second-order valence-electron chi connectivity index (χ2n) is 14.0. The van der Waals surface area contributed by atoms with E-state index < -0.39 is 52.6 Å². The first-order valence-corrected chi connectivity index (χ1v) is 16.0. The topological polar surface area (TPSA) is 125 Å². The summed E-state index contributed by atoms with van der Waals surface area (Å²) in [6.45, 7) is 5.87. The van der Waals surface area contributed by atoms with Gasteiger partial charge in [0.05, 0.1) is 30.0 Å². The van der Waals surface area contributed by atoms with Crippen LogP contribution in [0.2, 0.25) is 0 Å². The van der Waals surface area contributed by atoms with E-state index in [1.54, 1.807) is 6.92 Å². The lowest BCUT2D eigenvalue weighted by Gasteiger charge is -2.59. The molecule has 230 valence electrons. The number of cyclic esters (lactones) is 1. The van der Waals surface area contributed by atoms with E-state index in [2.05, 4.69) is 0 Å². The molecular formula is C32H48O9. The summed E-state index contributed by atoms with van der Waals surface area (Å²) in [5.74, 6) is -3.07. The first-order valence-electron chi connectivity index (χ1n) is 16.0. The summed E-state index contributed by atoms with van der Waals surface area (Å²) in [6, 6.07) is 0. The maximum Gasteiger partial charge on any atom is 0.347 e. The smallest absolute Gasteiger partial charge is 0.347 e. The molecule has 5 aliphatic carbocycles. The van der Waals surface area contributed by atoms with Gasteiger partial charge in [0.1, 0.15) is 11.2 Å². The highest BCUT2D eigenvalue weighted by Gasteiger charge is 2.59. The summed E-state index contributed by atoms with van der Waals surface area (Å²) in [7, 11) is 0. The zero-order valence-corrected chi connectivity index (χ0v) is 25.0. The van der Waals surface area contributed by atoms with Crippen LogP contribution in [0, 0.1) is 29.6 Å². The Kier molecular flexibility index (Phi) is 8.76. The molecule has 6 unspecified atom stereocenters. The van der Waals surface area contributed by atoms with Crippen LogP contribution >= 0.6 is 0 Å². The van der Waals surface area contributed by atoms with Gasteiger partial charge in [-0.2, -0.15) is 0 Å². The van der Waals surface area contributed by atoms with E-state index in [0.717, 1.165) is 64.2 Å². The minimum absolute atomic E-state index is 0.134. The van der Waals surface area contributed by atoms with E-state index >= 15 is 0 Å². The van der Waals surface area contributed by atoms with Gasteiger partial charge >= 0.3 is 23.9 Å². The summed E-state index contributed by atoms with van der Waals surface area (Å²) in [5, 5.41) is 11.1. The van der Waals surface area contributed by atoms with Crippen molar-refractivity contribution in [2.45, 2.75) is 140 Å². The van der Waals surface area contributed by atoms with E-state index in [1.807, 2.05) is 13.8 Å². The Morgan fingerprint density at radius 2 is 1.63 bits per heavy atom. The molecule has 6 atom stereocenters. The molecule has 0 radical (unpaired) electrons. The number of carbonyl (C=O) groups excluding carboxylic acids is 4. The van der Waals surface area contributed by atoms with Crippen LogP contribution in [0.25, 0.3) is 0 Å². The van der Waals surface area contributed by atoms with E-state index in [9.17, 15) is 24.3 Å². The Bertz CT molecular complexity index is 1000. The van der Waals surface area contributed by atoms with Crippen LogP contribution in [-0.2, 0) is 38.1 Å². The van der Waals surface area contributed by atoms with Crippen LogP contribution in [0.5, 0.6) is 0 Å². The molecule has 0 spiro atoms. The first-order chi connectivity index (χ1) is 19.5. The third kappa shape index (κ3) is 6.60. The number of hydrogen-bond acceptors (Lipinski definition) is 9. The molecule has 0 aromatic rings. The highest BCUT2D eigenvalue weighted by Crippen LogP contribution is 2.59. The maximum absolute atomic E-state index is 13.5. The van der Waals surface area contributed by atoms with Crippen LogP contribution in [0.3, 0.4) is 0 Å². The molecule has 0 aromatic carbocycles. The zero-order chi connectivity index (χ0) is 29.4. The van der Waals surface area contributed by atoms with Crippen molar-refractivity contribution in [2.24, 2.45) is 29.6 Å². The normalized spacial score (nSPS) is 35.4. The predicted molar refractivity (Wildman–Crippen MR) is 147 cm³/mol. The van der Waals surface area contributed by atoms with Crippen LogP contribution in [0.15, 0.2) is 0 Å². The molecule has 0 amide bonds. The molecule has 9 nitrogen and oxygen atoms in total. The molecule has 41 heavy (non-hydrogen) atoms. The Balaban J connectivity index is 1.26. The molecule has 4 bridgehead atoms. The summed E-state index contributed by atoms with van der Waals surface area (Å²) in [6.07, 6.45) is 9.32. The number of ether oxygens (including phenoxy) is 4. The van der Waals surface area contributed by atoms with Gasteiger partial charge in [-0.25, -0.2) is 4.79 Å². The standard InChI is InChI=1S/C32H48O9/c1-4-23(28(35)41-31(5-2)9-6-7-10-31)14-24(27(34)39-25-8-11-38-29(25)36)12-20(3)26(33)40-32-17-21-13-22(18-32)16-30(37,15-21)19-32/h20-25,37H,4-19H2,1-3H3. The van der Waals surface area contributed by atoms with Crippen molar-refractivity contribution in [2.75, 3.05) is 6.61 Å². The second kappa shape index (κ2) is 11.8. The van der Waals surface area contributed by atoms with Crippen molar-refractivity contribution < 1.29 is 43.2 Å². The molecule has 1 saturated heterocycles. The Morgan fingerprint density at radius 3 is 2.20 bits per heavy atom. The summed E-state index contributed by atoms with van der Waals surface area (Å²) >= 11 is 0. The number of aliphatic hydroxyl groups is 1. The minimum Gasteiger partial charge on any atom is -0.463 e. The van der Waals surface area contributed by atoms with Gasteiger partial charge in [0, 0.05) is 12.8 Å². The molecule has 0 aromatic heterocycles. The van der Waals surface area contributed by atoms with Gasteiger partial charge in [-0.05, 0) is 95.3 Å². The average Bonchev–Trinajstić information content (AvgIpc) is 3.53. The van der Waals surface area contributed by atoms with E-state index in [4.69, 9.17) is 18.9 Å². The van der Waals surface area contributed by atoms with Crippen molar-refractivity contribution in [1.29, 1.82) is 0 Å². The monoisotopic (exact) mass is 576 g/mol. The number of hydrogen-bond donors (Lipinski definition) is 1.